The van der Waals surface area contributed by atoms with Crippen LogP contribution in [0.3, 0.4) is 0 Å². The minimum atomic E-state index is -0.827. The predicted molar refractivity (Wildman–Crippen MR) is 141 cm³/mol. The highest BCUT2D eigenvalue weighted by molar-refractivity contribution is 6.04. The van der Waals surface area contributed by atoms with Gasteiger partial charge in [-0.3, -0.25) is 4.39 Å². The summed E-state index contributed by atoms with van der Waals surface area (Å²) in [5.41, 5.74) is -0.289. The fourth-order valence-corrected chi connectivity index (χ4v) is 5.19. The van der Waals surface area contributed by atoms with E-state index < -0.39 is 18.3 Å². The molecule has 0 spiro atoms. The number of phenolic OH excluding ortho intramolecular Hbond substituents is 1. The number of pyridine rings is 1. The number of aromatic hydroxyl groups is 1. The van der Waals surface area contributed by atoms with Crippen LogP contribution in [0.15, 0.2) is 24.3 Å². The molecule has 200 valence electrons. The van der Waals surface area contributed by atoms with Crippen molar-refractivity contribution in [2.75, 3.05) is 31.8 Å². The van der Waals surface area contributed by atoms with Crippen LogP contribution in [0.2, 0.25) is 0 Å². The van der Waals surface area contributed by atoms with E-state index in [0.29, 0.717) is 36.6 Å². The summed E-state index contributed by atoms with van der Waals surface area (Å²) in [5, 5.41) is 11.4. The van der Waals surface area contributed by atoms with Crippen molar-refractivity contribution in [3.05, 3.63) is 41.5 Å². The van der Waals surface area contributed by atoms with Gasteiger partial charge in [0.2, 0.25) is 5.88 Å². The predicted octanol–water partition coefficient (Wildman–Crippen LogP) is 5.55. The van der Waals surface area contributed by atoms with Gasteiger partial charge in [-0.05, 0) is 55.2 Å². The van der Waals surface area contributed by atoms with Gasteiger partial charge in [0.15, 0.2) is 5.82 Å². The Bertz CT molecular complexity index is 1650. The van der Waals surface area contributed by atoms with E-state index >= 15 is 4.39 Å². The Morgan fingerprint density at radius 2 is 1.97 bits per heavy atom. The Kier molecular flexibility index (Phi) is 6.29. The number of hydrogen-bond acceptors (Lipinski definition) is 7. The molecule has 39 heavy (non-hydrogen) atoms. The van der Waals surface area contributed by atoms with Gasteiger partial charge in [0.05, 0.1) is 24.9 Å². The minimum Gasteiger partial charge on any atom is -0.508 e. The zero-order chi connectivity index (χ0) is 27.3. The number of phenols is 1. The molecule has 0 bridgehead atoms. The fraction of sp³-hybridized carbons (Fsp3) is 0.345. The number of aromatic nitrogens is 3. The highest BCUT2D eigenvalue weighted by atomic mass is 19.1. The first-order valence-corrected chi connectivity index (χ1v) is 12.8. The van der Waals surface area contributed by atoms with Gasteiger partial charge < -0.3 is 19.5 Å². The molecule has 2 aromatic carbocycles. The second kappa shape index (κ2) is 9.80. The lowest BCUT2D eigenvalue weighted by Gasteiger charge is -2.27. The first-order valence-electron chi connectivity index (χ1n) is 12.8. The van der Waals surface area contributed by atoms with E-state index in [-0.39, 0.29) is 63.4 Å². The van der Waals surface area contributed by atoms with Crippen molar-refractivity contribution < 1.29 is 27.8 Å². The van der Waals surface area contributed by atoms with E-state index in [2.05, 4.69) is 20.9 Å². The monoisotopic (exact) mass is 534 g/mol. The van der Waals surface area contributed by atoms with Crippen molar-refractivity contribution in [2.45, 2.75) is 31.7 Å². The number of rotatable bonds is 7. The Hall–Kier alpha value is -4.26. The van der Waals surface area contributed by atoms with Crippen LogP contribution in [-0.4, -0.2) is 53.0 Å². The first kappa shape index (κ1) is 25.0. The van der Waals surface area contributed by atoms with E-state index in [1.807, 2.05) is 11.9 Å². The summed E-state index contributed by atoms with van der Waals surface area (Å²) < 4.78 is 55.6. The molecule has 0 amide bonds. The van der Waals surface area contributed by atoms with Crippen LogP contribution in [0.4, 0.5) is 19.0 Å². The van der Waals surface area contributed by atoms with Gasteiger partial charge in [-0.25, -0.2) is 13.8 Å². The van der Waals surface area contributed by atoms with Crippen LogP contribution < -0.4 is 14.4 Å². The molecule has 1 N–H and O–H groups in total. The quantitative estimate of drug-likeness (QED) is 0.246. The third-order valence-electron chi connectivity index (χ3n) is 7.31. The van der Waals surface area contributed by atoms with Gasteiger partial charge >= 0.3 is 6.01 Å². The Morgan fingerprint density at radius 3 is 2.72 bits per heavy atom. The maximum atomic E-state index is 16.5. The highest BCUT2D eigenvalue weighted by Crippen LogP contribution is 2.45. The number of alkyl halides is 1. The lowest BCUT2D eigenvalue weighted by atomic mass is 9.95. The van der Waals surface area contributed by atoms with Crippen LogP contribution >= 0.6 is 0 Å². The molecular formula is C29H25F3N4O3. The fourth-order valence-electron chi connectivity index (χ4n) is 5.19. The number of halogens is 3. The number of benzene rings is 2. The van der Waals surface area contributed by atoms with Gasteiger partial charge in [-0.15, -0.1) is 6.42 Å². The number of fused-ring (bicyclic) bond motifs is 1. The van der Waals surface area contributed by atoms with Crippen LogP contribution in [0.25, 0.3) is 32.9 Å². The third kappa shape index (κ3) is 4.32. The average molecular weight is 535 g/mol. The van der Waals surface area contributed by atoms with Crippen molar-refractivity contribution in [1.29, 1.82) is 0 Å². The van der Waals surface area contributed by atoms with Crippen molar-refractivity contribution in [2.24, 2.45) is 5.92 Å². The summed E-state index contributed by atoms with van der Waals surface area (Å²) in [6, 6.07) is 5.28. The molecule has 3 heterocycles. The molecular weight excluding hydrogens is 509 g/mol. The first-order chi connectivity index (χ1) is 18.9. The van der Waals surface area contributed by atoms with Crippen LogP contribution in [0.1, 0.15) is 31.2 Å². The van der Waals surface area contributed by atoms with Gasteiger partial charge in [0, 0.05) is 18.0 Å². The van der Waals surface area contributed by atoms with Crippen molar-refractivity contribution in [3.63, 3.8) is 0 Å². The zero-order valence-corrected chi connectivity index (χ0v) is 21.2. The molecule has 0 unspecified atom stereocenters. The molecule has 2 aliphatic rings. The summed E-state index contributed by atoms with van der Waals surface area (Å²) in [4.78, 5) is 15.4. The van der Waals surface area contributed by atoms with E-state index in [1.54, 1.807) is 0 Å². The van der Waals surface area contributed by atoms with Crippen molar-refractivity contribution >= 4 is 27.5 Å². The van der Waals surface area contributed by atoms with Crippen LogP contribution in [-0.2, 0) is 0 Å². The number of ether oxygens (including phenoxy) is 2. The number of hydrogen-bond donors (Lipinski definition) is 1. The molecule has 6 rings (SSSR count). The Morgan fingerprint density at radius 1 is 1.15 bits per heavy atom. The van der Waals surface area contributed by atoms with Crippen LogP contribution in [0.5, 0.6) is 17.6 Å². The lowest BCUT2D eigenvalue weighted by molar-refractivity contribution is 0.269. The van der Waals surface area contributed by atoms with Gasteiger partial charge in [0.1, 0.15) is 40.6 Å². The summed E-state index contributed by atoms with van der Waals surface area (Å²) in [6.45, 7) is -0.0145. The molecule has 1 aliphatic carbocycles. The summed E-state index contributed by atoms with van der Waals surface area (Å²) in [7, 11) is 1.87. The molecule has 0 radical (unpaired) electrons. The average Bonchev–Trinajstić information content (AvgIpc) is 3.77. The molecule has 0 saturated heterocycles. The largest absolute Gasteiger partial charge is 0.508 e. The highest BCUT2D eigenvalue weighted by Gasteiger charge is 2.39. The number of terminal acetylenes is 1. The SMILES string of the molecule is C#Cc1c(F)ccc2cc(O)cc(-c3nc4c5c(nc(OCCCCF)nc5c3F)N(C)[C@@H](C3CC3)CO4)c12. The normalized spacial score (nSPS) is 16.7. The summed E-state index contributed by atoms with van der Waals surface area (Å²) in [6.07, 6.45) is 8.48. The molecule has 1 saturated carbocycles. The number of nitrogens with zero attached hydrogens (tertiary/aromatic N) is 4. The lowest BCUT2D eigenvalue weighted by Crippen LogP contribution is -2.38. The van der Waals surface area contributed by atoms with E-state index in [0.717, 1.165) is 12.8 Å². The second-order valence-corrected chi connectivity index (χ2v) is 9.86. The second-order valence-electron chi connectivity index (χ2n) is 9.86. The molecule has 7 nitrogen and oxygen atoms in total. The molecule has 2 aromatic heterocycles. The Labute approximate surface area is 222 Å². The standard InChI is InChI=1S/C29H25F3N4O3/c1-3-18-20(31)9-8-16-12-17(37)13-19(22(16)18)25-24(32)26-23-27(35-29(34-26)38-11-5-4-10-30)36(2)21(15-6-7-15)14-39-28(23)33-25/h1,8-9,12-13,15,21,37H,4-7,10-11,14H2,2H3/t21-/m1/s1. The molecule has 4 aromatic rings. The zero-order valence-electron chi connectivity index (χ0n) is 21.2. The van der Waals surface area contributed by atoms with Crippen molar-refractivity contribution in [1.82, 2.24) is 15.0 Å². The smallest absolute Gasteiger partial charge is 0.319 e. The number of unbranched alkanes of at least 4 members (excludes halogenated alkanes) is 1. The van der Waals surface area contributed by atoms with Crippen molar-refractivity contribution in [3.8, 4) is 41.2 Å². The van der Waals surface area contributed by atoms with Gasteiger partial charge in [-0.1, -0.05) is 12.0 Å². The molecule has 1 fully saturated rings. The molecule has 10 heteroatoms. The maximum Gasteiger partial charge on any atom is 0.319 e. The Balaban J connectivity index is 1.61. The van der Waals surface area contributed by atoms with Gasteiger partial charge in [-0.2, -0.15) is 9.97 Å². The minimum absolute atomic E-state index is 0.0214. The van der Waals surface area contributed by atoms with Crippen LogP contribution in [0, 0.1) is 29.9 Å². The molecule has 1 aliphatic heterocycles. The maximum absolute atomic E-state index is 16.5. The van der Waals surface area contributed by atoms with E-state index in [1.165, 1.54) is 24.3 Å². The topological polar surface area (TPSA) is 80.6 Å². The number of anilines is 1. The molecule has 1 atom stereocenters. The summed E-state index contributed by atoms with van der Waals surface area (Å²) >= 11 is 0. The van der Waals surface area contributed by atoms with Gasteiger partial charge in [0.25, 0.3) is 0 Å². The summed E-state index contributed by atoms with van der Waals surface area (Å²) in [5.74, 6) is 1.61. The number of likely N-dealkylation sites (N-methyl/N-ethyl adjacent to an activating group) is 1. The third-order valence-corrected chi connectivity index (χ3v) is 7.31. The van der Waals surface area contributed by atoms with E-state index in [4.69, 9.17) is 15.9 Å². The van der Waals surface area contributed by atoms with E-state index in [9.17, 15) is 13.9 Å².